The highest BCUT2D eigenvalue weighted by atomic mass is 16.4. The number of amides is 1. The Labute approximate surface area is 163 Å². The van der Waals surface area contributed by atoms with E-state index in [9.17, 15) is 14.7 Å². The van der Waals surface area contributed by atoms with Crippen molar-refractivity contribution >= 4 is 23.3 Å². The summed E-state index contributed by atoms with van der Waals surface area (Å²) >= 11 is 0. The van der Waals surface area contributed by atoms with Crippen LogP contribution in [0.1, 0.15) is 40.2 Å². The van der Waals surface area contributed by atoms with E-state index in [1.165, 1.54) is 5.56 Å². The van der Waals surface area contributed by atoms with Gasteiger partial charge < -0.3 is 15.3 Å². The van der Waals surface area contributed by atoms with E-state index in [4.69, 9.17) is 0 Å². The van der Waals surface area contributed by atoms with Crippen molar-refractivity contribution in [1.82, 2.24) is 0 Å². The van der Waals surface area contributed by atoms with Gasteiger partial charge in [0.25, 0.3) is 5.91 Å². The topological polar surface area (TPSA) is 69.6 Å². The Morgan fingerprint density at radius 1 is 1.14 bits per heavy atom. The third-order valence-corrected chi connectivity index (χ3v) is 6.23. The molecule has 0 aromatic heterocycles. The molecule has 2 aliphatic heterocycles. The first-order valence-electron chi connectivity index (χ1n) is 9.83. The number of hydrogen-bond acceptors (Lipinski definition) is 3. The maximum atomic E-state index is 13.3. The number of nitrogens with one attached hydrogen (secondary N) is 1. The van der Waals surface area contributed by atoms with Gasteiger partial charge in [-0.05, 0) is 54.7 Å². The summed E-state index contributed by atoms with van der Waals surface area (Å²) in [4.78, 5) is 26.8. The summed E-state index contributed by atoms with van der Waals surface area (Å²) in [7, 11) is 0. The van der Waals surface area contributed by atoms with Gasteiger partial charge in [0.05, 0.1) is 0 Å². The van der Waals surface area contributed by atoms with Crippen LogP contribution in [-0.2, 0) is 11.2 Å². The standard InChI is InChI=1S/C23H22N2O3/c26-22(25-12-4-6-14-5-1-2-9-20(14)25)15-10-11-19-18(13-15)16-7-3-8-17(16)21(24-19)23(27)28/h1-3,5,7,9-11,13,16-17,21,24H,4,6,8,12H2,(H,27,28). The fraction of sp³-hybridized carbons (Fsp3) is 0.304. The zero-order valence-electron chi connectivity index (χ0n) is 15.5. The minimum absolute atomic E-state index is 0.00818. The van der Waals surface area contributed by atoms with Gasteiger partial charge in [-0.1, -0.05) is 30.4 Å². The number of carboxylic acid groups (broad SMARTS) is 1. The van der Waals surface area contributed by atoms with Gasteiger partial charge in [0, 0.05) is 35.3 Å². The predicted molar refractivity (Wildman–Crippen MR) is 108 cm³/mol. The van der Waals surface area contributed by atoms with Crippen LogP contribution in [0, 0.1) is 5.92 Å². The average molecular weight is 374 g/mol. The van der Waals surface area contributed by atoms with Gasteiger partial charge in [0.15, 0.2) is 0 Å². The van der Waals surface area contributed by atoms with Gasteiger partial charge in [-0.15, -0.1) is 0 Å². The molecule has 0 bridgehead atoms. The third-order valence-electron chi connectivity index (χ3n) is 6.23. The number of nitrogens with zero attached hydrogens (tertiary/aromatic N) is 1. The molecule has 3 atom stereocenters. The molecule has 0 saturated carbocycles. The zero-order valence-corrected chi connectivity index (χ0v) is 15.5. The second-order valence-corrected chi connectivity index (χ2v) is 7.80. The number of aryl methyl sites for hydroxylation is 1. The van der Waals surface area contributed by atoms with Gasteiger partial charge >= 0.3 is 5.97 Å². The number of carbonyl (C=O) groups is 2. The Morgan fingerprint density at radius 3 is 2.86 bits per heavy atom. The lowest BCUT2D eigenvalue weighted by Crippen LogP contribution is -2.42. The highest BCUT2D eigenvalue weighted by molar-refractivity contribution is 6.07. The minimum Gasteiger partial charge on any atom is -0.480 e. The van der Waals surface area contributed by atoms with E-state index in [-0.39, 0.29) is 17.7 Å². The molecule has 1 aliphatic carbocycles. The monoisotopic (exact) mass is 374 g/mol. The van der Waals surface area contributed by atoms with Crippen molar-refractivity contribution < 1.29 is 14.7 Å². The molecule has 3 unspecified atom stereocenters. The second kappa shape index (κ2) is 6.51. The number of hydrogen-bond donors (Lipinski definition) is 2. The molecular weight excluding hydrogens is 352 g/mol. The molecule has 0 saturated heterocycles. The zero-order chi connectivity index (χ0) is 19.3. The molecule has 5 nitrogen and oxygen atoms in total. The molecule has 142 valence electrons. The van der Waals surface area contributed by atoms with Crippen LogP contribution in [0.3, 0.4) is 0 Å². The first kappa shape index (κ1) is 17.0. The van der Waals surface area contributed by atoms with Gasteiger partial charge in [0.2, 0.25) is 0 Å². The summed E-state index contributed by atoms with van der Waals surface area (Å²) in [5.74, 6) is -0.784. The summed E-state index contributed by atoms with van der Waals surface area (Å²) in [5, 5.41) is 12.7. The lowest BCUT2D eigenvalue weighted by atomic mass is 9.79. The van der Waals surface area contributed by atoms with Crippen molar-refractivity contribution in [3.05, 3.63) is 71.3 Å². The van der Waals surface area contributed by atoms with E-state index < -0.39 is 12.0 Å². The molecule has 0 radical (unpaired) electrons. The summed E-state index contributed by atoms with van der Waals surface area (Å²) < 4.78 is 0. The van der Waals surface area contributed by atoms with Crippen LogP contribution in [0.25, 0.3) is 0 Å². The molecule has 3 aliphatic rings. The number of carbonyl (C=O) groups excluding carboxylic acids is 1. The van der Waals surface area contributed by atoms with Crippen molar-refractivity contribution in [1.29, 1.82) is 0 Å². The average Bonchev–Trinajstić information content (AvgIpc) is 3.22. The van der Waals surface area contributed by atoms with Crippen molar-refractivity contribution in [2.75, 3.05) is 16.8 Å². The Bertz CT molecular complexity index is 997. The molecule has 5 heteroatoms. The molecule has 0 spiro atoms. The fourth-order valence-corrected chi connectivity index (χ4v) is 4.87. The Hall–Kier alpha value is -3.08. The first-order chi connectivity index (χ1) is 13.6. The number of allylic oxidation sites excluding steroid dienone is 2. The van der Waals surface area contributed by atoms with Gasteiger partial charge in [-0.25, -0.2) is 4.79 Å². The smallest absolute Gasteiger partial charge is 0.326 e. The Balaban J connectivity index is 1.51. The molecule has 0 fully saturated rings. The van der Waals surface area contributed by atoms with E-state index in [0.29, 0.717) is 5.56 Å². The van der Waals surface area contributed by atoms with E-state index in [1.807, 2.05) is 41.3 Å². The number of rotatable bonds is 2. The SMILES string of the molecule is O=C(O)C1Nc2ccc(C(=O)N3CCCc4ccccc43)cc2C2C=CCC12. The number of benzene rings is 2. The third kappa shape index (κ3) is 2.61. The van der Waals surface area contributed by atoms with Gasteiger partial charge in [-0.3, -0.25) is 4.79 Å². The largest absolute Gasteiger partial charge is 0.480 e. The predicted octanol–water partition coefficient (Wildman–Crippen LogP) is 3.82. The number of para-hydroxylation sites is 1. The number of carboxylic acids is 1. The Morgan fingerprint density at radius 2 is 2.00 bits per heavy atom. The summed E-state index contributed by atoms with van der Waals surface area (Å²) in [6.07, 6.45) is 6.84. The van der Waals surface area contributed by atoms with Crippen LogP contribution in [0.4, 0.5) is 11.4 Å². The van der Waals surface area contributed by atoms with Crippen molar-refractivity contribution in [3.8, 4) is 0 Å². The first-order valence-corrected chi connectivity index (χ1v) is 9.83. The van der Waals surface area contributed by atoms with Crippen molar-refractivity contribution in [2.45, 2.75) is 31.2 Å². The fourth-order valence-electron chi connectivity index (χ4n) is 4.87. The lowest BCUT2D eigenvalue weighted by molar-refractivity contribution is -0.139. The lowest BCUT2D eigenvalue weighted by Gasteiger charge is -2.35. The maximum Gasteiger partial charge on any atom is 0.326 e. The molecule has 2 N–H and O–H groups in total. The van der Waals surface area contributed by atoms with Crippen LogP contribution >= 0.6 is 0 Å². The second-order valence-electron chi connectivity index (χ2n) is 7.80. The quantitative estimate of drug-likeness (QED) is 0.784. The van der Waals surface area contributed by atoms with E-state index in [1.54, 1.807) is 0 Å². The van der Waals surface area contributed by atoms with Gasteiger partial charge in [-0.2, -0.15) is 0 Å². The number of anilines is 2. The van der Waals surface area contributed by atoms with Crippen LogP contribution in [0.2, 0.25) is 0 Å². The molecule has 1 amide bonds. The minimum atomic E-state index is -0.825. The molecule has 2 aromatic carbocycles. The highest BCUT2D eigenvalue weighted by Crippen LogP contribution is 2.45. The molecule has 5 rings (SSSR count). The van der Waals surface area contributed by atoms with E-state index >= 15 is 0 Å². The molecule has 28 heavy (non-hydrogen) atoms. The molecule has 2 heterocycles. The normalized spacial score (nSPS) is 24.7. The summed E-state index contributed by atoms with van der Waals surface area (Å²) in [6.45, 7) is 0.720. The van der Waals surface area contributed by atoms with Crippen LogP contribution in [0.15, 0.2) is 54.6 Å². The van der Waals surface area contributed by atoms with Crippen LogP contribution in [-0.4, -0.2) is 29.6 Å². The van der Waals surface area contributed by atoms with Crippen molar-refractivity contribution in [2.24, 2.45) is 5.92 Å². The number of aliphatic carboxylic acids is 1. The highest BCUT2D eigenvalue weighted by Gasteiger charge is 2.41. The molecular formula is C23H22N2O3. The van der Waals surface area contributed by atoms with Gasteiger partial charge in [0.1, 0.15) is 6.04 Å². The summed E-state index contributed by atoms with van der Waals surface area (Å²) in [6, 6.07) is 13.1. The maximum absolute atomic E-state index is 13.3. The van der Waals surface area contributed by atoms with E-state index in [0.717, 1.165) is 42.7 Å². The Kier molecular flexibility index (Phi) is 3.97. The van der Waals surface area contributed by atoms with E-state index in [2.05, 4.69) is 23.5 Å². The van der Waals surface area contributed by atoms with Crippen molar-refractivity contribution in [3.63, 3.8) is 0 Å². The molecule has 2 aromatic rings. The summed E-state index contributed by atoms with van der Waals surface area (Å²) in [5.41, 5.74) is 4.71. The van der Waals surface area contributed by atoms with Crippen LogP contribution < -0.4 is 10.2 Å². The van der Waals surface area contributed by atoms with Crippen LogP contribution in [0.5, 0.6) is 0 Å². The number of fused-ring (bicyclic) bond motifs is 4.